The van der Waals surface area contributed by atoms with Crippen molar-refractivity contribution in [3.8, 4) is 11.5 Å². The lowest BCUT2D eigenvalue weighted by Crippen LogP contribution is -2.45. The van der Waals surface area contributed by atoms with E-state index in [9.17, 15) is 14.0 Å². The third-order valence-corrected chi connectivity index (χ3v) is 2.87. The molecular formula is C17H17FN2O4. The number of ether oxygens (including phenoxy) is 2. The van der Waals surface area contributed by atoms with Crippen LogP contribution >= 0.6 is 0 Å². The topological polar surface area (TPSA) is 76.7 Å². The highest BCUT2D eigenvalue weighted by Crippen LogP contribution is 2.12. The van der Waals surface area contributed by atoms with Gasteiger partial charge >= 0.3 is 0 Å². The normalized spacial score (nSPS) is 9.92. The minimum Gasteiger partial charge on any atom is -0.484 e. The third-order valence-electron chi connectivity index (χ3n) is 2.87. The number of halogens is 1. The van der Waals surface area contributed by atoms with Gasteiger partial charge in [0.1, 0.15) is 17.3 Å². The van der Waals surface area contributed by atoms with E-state index in [4.69, 9.17) is 9.47 Å². The number of aryl methyl sites for hydroxylation is 1. The maximum atomic E-state index is 12.9. The van der Waals surface area contributed by atoms with Gasteiger partial charge in [-0.05, 0) is 36.8 Å². The standard InChI is InChI=1S/C17H17FN2O4/c1-12-4-2-6-14(8-12)23-10-16(21)19-20-17(22)11-24-15-7-3-5-13(18)9-15/h2-9H,10-11H2,1H3,(H,19,21)(H,20,22). The van der Waals surface area contributed by atoms with E-state index in [1.807, 2.05) is 19.1 Å². The molecule has 0 heterocycles. The van der Waals surface area contributed by atoms with Gasteiger partial charge in [0, 0.05) is 6.07 Å². The lowest BCUT2D eigenvalue weighted by Gasteiger charge is -2.10. The second-order valence-corrected chi connectivity index (χ2v) is 4.95. The number of rotatable bonds is 6. The van der Waals surface area contributed by atoms with Crippen LogP contribution in [0.15, 0.2) is 48.5 Å². The van der Waals surface area contributed by atoms with Crippen LogP contribution in [0.1, 0.15) is 5.56 Å². The number of hydrogen-bond acceptors (Lipinski definition) is 4. The number of benzene rings is 2. The molecule has 0 bridgehead atoms. The first-order chi connectivity index (χ1) is 11.5. The molecule has 2 N–H and O–H groups in total. The lowest BCUT2D eigenvalue weighted by atomic mass is 10.2. The summed E-state index contributed by atoms with van der Waals surface area (Å²) < 4.78 is 23.3. The van der Waals surface area contributed by atoms with Crippen LogP contribution in [0, 0.1) is 12.7 Å². The molecule has 2 aromatic carbocycles. The van der Waals surface area contributed by atoms with Gasteiger partial charge in [-0.15, -0.1) is 0 Å². The monoisotopic (exact) mass is 332 g/mol. The van der Waals surface area contributed by atoms with Crippen molar-refractivity contribution in [3.05, 3.63) is 59.9 Å². The Labute approximate surface area is 138 Å². The van der Waals surface area contributed by atoms with Crippen LogP contribution in [0.5, 0.6) is 11.5 Å². The third kappa shape index (κ3) is 5.96. The van der Waals surface area contributed by atoms with E-state index in [-0.39, 0.29) is 19.0 Å². The number of amides is 2. The van der Waals surface area contributed by atoms with Gasteiger partial charge in [-0.3, -0.25) is 20.4 Å². The van der Waals surface area contributed by atoms with E-state index in [0.29, 0.717) is 5.75 Å². The van der Waals surface area contributed by atoms with Gasteiger partial charge in [-0.25, -0.2) is 4.39 Å². The first kappa shape index (κ1) is 17.3. The maximum Gasteiger partial charge on any atom is 0.276 e. The molecule has 0 atom stereocenters. The van der Waals surface area contributed by atoms with Crippen LogP contribution < -0.4 is 20.3 Å². The Morgan fingerprint density at radius 1 is 0.917 bits per heavy atom. The van der Waals surface area contributed by atoms with Crippen molar-refractivity contribution in [2.24, 2.45) is 0 Å². The molecule has 0 saturated carbocycles. The van der Waals surface area contributed by atoms with E-state index in [0.717, 1.165) is 11.6 Å². The second kappa shape index (κ2) is 8.52. The molecule has 0 saturated heterocycles. The summed E-state index contributed by atoms with van der Waals surface area (Å²) in [6.07, 6.45) is 0. The Bertz CT molecular complexity index is 660. The SMILES string of the molecule is Cc1cccc(OCC(=O)NNC(=O)COc2cccc(F)c2)c1. The van der Waals surface area contributed by atoms with E-state index in [1.54, 1.807) is 12.1 Å². The molecule has 0 aliphatic rings. The van der Waals surface area contributed by atoms with Crippen molar-refractivity contribution in [2.75, 3.05) is 13.2 Å². The second-order valence-electron chi connectivity index (χ2n) is 4.95. The fraction of sp³-hybridized carbons (Fsp3) is 0.176. The molecule has 0 aliphatic heterocycles. The lowest BCUT2D eigenvalue weighted by molar-refractivity contribution is -0.131. The van der Waals surface area contributed by atoms with Gasteiger partial charge in [-0.2, -0.15) is 0 Å². The number of carbonyl (C=O) groups is 2. The summed E-state index contributed by atoms with van der Waals surface area (Å²) >= 11 is 0. The van der Waals surface area contributed by atoms with Gasteiger partial charge in [0.2, 0.25) is 0 Å². The predicted molar refractivity (Wildman–Crippen MR) is 84.9 cm³/mol. The van der Waals surface area contributed by atoms with Crippen LogP contribution in [-0.4, -0.2) is 25.0 Å². The molecule has 24 heavy (non-hydrogen) atoms. The highest BCUT2D eigenvalue weighted by molar-refractivity contribution is 5.83. The van der Waals surface area contributed by atoms with Crippen molar-refractivity contribution < 1.29 is 23.5 Å². The zero-order valence-electron chi connectivity index (χ0n) is 13.0. The summed E-state index contributed by atoms with van der Waals surface area (Å²) in [6.45, 7) is 1.31. The Balaban J connectivity index is 1.66. The molecule has 2 aromatic rings. The molecule has 2 amide bonds. The molecule has 0 spiro atoms. The van der Waals surface area contributed by atoms with Crippen LogP contribution in [0.25, 0.3) is 0 Å². The van der Waals surface area contributed by atoms with Crippen molar-refractivity contribution in [1.29, 1.82) is 0 Å². The average molecular weight is 332 g/mol. The zero-order valence-corrected chi connectivity index (χ0v) is 13.0. The minimum atomic E-state index is -0.580. The van der Waals surface area contributed by atoms with Gasteiger partial charge < -0.3 is 9.47 Å². The average Bonchev–Trinajstić information content (AvgIpc) is 2.56. The van der Waals surface area contributed by atoms with Gasteiger partial charge in [-0.1, -0.05) is 18.2 Å². The molecular weight excluding hydrogens is 315 g/mol. The van der Waals surface area contributed by atoms with Crippen molar-refractivity contribution >= 4 is 11.8 Å². The highest BCUT2D eigenvalue weighted by Gasteiger charge is 2.07. The van der Waals surface area contributed by atoms with Crippen molar-refractivity contribution in [1.82, 2.24) is 10.9 Å². The Morgan fingerprint density at radius 3 is 2.00 bits per heavy atom. The number of hydrogen-bond donors (Lipinski definition) is 2. The number of hydrazine groups is 1. The maximum absolute atomic E-state index is 12.9. The first-order valence-electron chi connectivity index (χ1n) is 7.18. The Kier molecular flexibility index (Phi) is 6.13. The molecule has 126 valence electrons. The van der Waals surface area contributed by atoms with Gasteiger partial charge in [0.15, 0.2) is 13.2 Å². The first-order valence-corrected chi connectivity index (χ1v) is 7.18. The van der Waals surface area contributed by atoms with Crippen LogP contribution in [0.4, 0.5) is 4.39 Å². The van der Waals surface area contributed by atoms with Crippen LogP contribution in [0.3, 0.4) is 0 Å². The number of carbonyl (C=O) groups excluding carboxylic acids is 2. The fourth-order valence-corrected chi connectivity index (χ4v) is 1.77. The highest BCUT2D eigenvalue weighted by atomic mass is 19.1. The van der Waals surface area contributed by atoms with Crippen LogP contribution in [-0.2, 0) is 9.59 Å². The Morgan fingerprint density at radius 2 is 1.46 bits per heavy atom. The molecule has 0 radical (unpaired) electrons. The fourth-order valence-electron chi connectivity index (χ4n) is 1.77. The summed E-state index contributed by atoms with van der Waals surface area (Å²) in [5, 5.41) is 0. The van der Waals surface area contributed by atoms with Crippen molar-refractivity contribution in [3.63, 3.8) is 0 Å². The van der Waals surface area contributed by atoms with E-state index in [2.05, 4.69) is 10.9 Å². The molecule has 6 nitrogen and oxygen atoms in total. The van der Waals surface area contributed by atoms with E-state index < -0.39 is 17.6 Å². The Hall–Kier alpha value is -3.09. The summed E-state index contributed by atoms with van der Waals surface area (Å²) in [7, 11) is 0. The van der Waals surface area contributed by atoms with Crippen LogP contribution in [0.2, 0.25) is 0 Å². The quantitative estimate of drug-likeness (QED) is 0.790. The van der Waals surface area contributed by atoms with Gasteiger partial charge in [0.25, 0.3) is 11.8 Å². The largest absolute Gasteiger partial charge is 0.484 e. The minimum absolute atomic E-state index is 0.222. The molecule has 0 unspecified atom stereocenters. The molecule has 0 fully saturated rings. The molecule has 0 aromatic heterocycles. The smallest absolute Gasteiger partial charge is 0.276 e. The van der Waals surface area contributed by atoms with Gasteiger partial charge in [0.05, 0.1) is 0 Å². The molecule has 0 aliphatic carbocycles. The summed E-state index contributed by atoms with van der Waals surface area (Å²) in [5.74, 6) is -0.779. The predicted octanol–water partition coefficient (Wildman–Crippen LogP) is 1.74. The molecule has 2 rings (SSSR count). The summed E-state index contributed by atoms with van der Waals surface area (Å²) in [6, 6.07) is 12.6. The number of nitrogens with one attached hydrogen (secondary N) is 2. The molecule has 7 heteroatoms. The summed E-state index contributed by atoms with van der Waals surface area (Å²) in [5.41, 5.74) is 5.39. The van der Waals surface area contributed by atoms with E-state index >= 15 is 0 Å². The van der Waals surface area contributed by atoms with Crippen molar-refractivity contribution in [2.45, 2.75) is 6.92 Å². The van der Waals surface area contributed by atoms with E-state index in [1.165, 1.54) is 18.2 Å². The zero-order chi connectivity index (χ0) is 17.4. The summed E-state index contributed by atoms with van der Waals surface area (Å²) in [4.78, 5) is 23.1.